The Kier molecular flexibility index (Phi) is 11.3. The lowest BCUT2D eigenvalue weighted by molar-refractivity contribution is -0.143. The van der Waals surface area contributed by atoms with E-state index < -0.39 is 5.79 Å². The van der Waals surface area contributed by atoms with Gasteiger partial charge in [0.25, 0.3) is 0 Å². The fourth-order valence-electron chi connectivity index (χ4n) is 3.82. The number of allylic oxidation sites excluding steroid dienone is 3. The van der Waals surface area contributed by atoms with E-state index in [9.17, 15) is 4.79 Å². The average molecular weight is 439 g/mol. The first kappa shape index (κ1) is 25.9. The molecule has 1 aliphatic rings. The predicted octanol–water partition coefficient (Wildman–Crippen LogP) is 6.46. The van der Waals surface area contributed by atoms with Crippen molar-refractivity contribution in [3.63, 3.8) is 0 Å². The number of benzene rings is 1. The number of unbranched alkanes of at least 4 members (excludes halogenated alkanes) is 4. The van der Waals surface area contributed by atoms with Crippen LogP contribution in [0.1, 0.15) is 77.7 Å². The van der Waals surface area contributed by atoms with E-state index >= 15 is 0 Å². The molecule has 0 aromatic heterocycles. The lowest BCUT2D eigenvalue weighted by Gasteiger charge is -2.20. The summed E-state index contributed by atoms with van der Waals surface area (Å²) in [5.41, 5.74) is 2.15. The molecular weight excluding hydrogens is 400 g/mol. The highest BCUT2D eigenvalue weighted by Gasteiger charge is 2.42. The number of esters is 1. The van der Waals surface area contributed by atoms with Crippen molar-refractivity contribution in [2.45, 2.75) is 90.1 Å². The van der Waals surface area contributed by atoms with Crippen LogP contribution in [-0.2, 0) is 19.0 Å². The van der Waals surface area contributed by atoms with Gasteiger partial charge in [-0.3, -0.25) is 4.79 Å². The van der Waals surface area contributed by atoms with Gasteiger partial charge in [0.2, 0.25) is 0 Å². The molecule has 2 atom stereocenters. The molecule has 0 saturated carbocycles. The molecule has 1 fully saturated rings. The predicted molar refractivity (Wildman–Crippen MR) is 130 cm³/mol. The Balaban J connectivity index is 2.14. The first-order valence-electron chi connectivity index (χ1n) is 11.8. The molecular formula is C28H38O4. The van der Waals surface area contributed by atoms with Gasteiger partial charge in [0, 0.05) is 12.8 Å². The molecule has 1 heterocycles. The smallest absolute Gasteiger partial charge is 0.305 e. The topological polar surface area (TPSA) is 44.8 Å². The van der Waals surface area contributed by atoms with Crippen LogP contribution in [0.3, 0.4) is 0 Å². The van der Waals surface area contributed by atoms with Crippen LogP contribution >= 0.6 is 0 Å². The molecule has 0 aliphatic carbocycles. The molecule has 4 heteroatoms. The summed E-state index contributed by atoms with van der Waals surface area (Å²) < 4.78 is 17.3. The maximum absolute atomic E-state index is 11.5. The molecule has 1 aliphatic heterocycles. The zero-order chi connectivity index (χ0) is 23.2. The average Bonchev–Trinajstić information content (AvgIpc) is 3.09. The van der Waals surface area contributed by atoms with Crippen LogP contribution in [-0.4, -0.2) is 31.1 Å². The Bertz CT molecular complexity index is 811. The minimum atomic E-state index is -0.684. The molecule has 4 nitrogen and oxygen atoms in total. The monoisotopic (exact) mass is 438 g/mol. The molecule has 32 heavy (non-hydrogen) atoms. The van der Waals surface area contributed by atoms with Gasteiger partial charge in [0.1, 0.15) is 6.10 Å². The molecule has 0 radical (unpaired) electrons. The molecule has 1 aromatic carbocycles. The van der Waals surface area contributed by atoms with Crippen molar-refractivity contribution in [1.29, 1.82) is 0 Å². The summed E-state index contributed by atoms with van der Waals surface area (Å²) in [4.78, 5) is 11.5. The van der Waals surface area contributed by atoms with Crippen LogP contribution < -0.4 is 0 Å². The second-order valence-corrected chi connectivity index (χ2v) is 8.54. The number of rotatable bonds is 11. The molecule has 0 unspecified atom stereocenters. The normalized spacial score (nSPS) is 20.2. The largest absolute Gasteiger partial charge is 0.469 e. The van der Waals surface area contributed by atoms with E-state index in [1.807, 2.05) is 44.2 Å². The number of ether oxygens (including phenoxy) is 3. The third-order valence-electron chi connectivity index (χ3n) is 5.41. The van der Waals surface area contributed by atoms with Crippen molar-refractivity contribution in [2.75, 3.05) is 7.11 Å². The molecule has 0 bridgehead atoms. The van der Waals surface area contributed by atoms with Gasteiger partial charge in [-0.2, -0.15) is 0 Å². The van der Waals surface area contributed by atoms with Crippen LogP contribution in [0.4, 0.5) is 0 Å². The van der Waals surface area contributed by atoms with Crippen molar-refractivity contribution >= 4 is 11.5 Å². The first-order valence-corrected chi connectivity index (χ1v) is 11.8. The van der Waals surface area contributed by atoms with Crippen LogP contribution in [0, 0.1) is 11.8 Å². The van der Waals surface area contributed by atoms with E-state index in [2.05, 4.69) is 37.0 Å². The lowest BCUT2D eigenvalue weighted by atomic mass is 9.94. The number of hydrogen-bond donors (Lipinski definition) is 0. The quantitative estimate of drug-likeness (QED) is 0.172. The van der Waals surface area contributed by atoms with Crippen LogP contribution in [0.5, 0.6) is 0 Å². The highest BCUT2D eigenvalue weighted by Crippen LogP contribution is 2.38. The van der Waals surface area contributed by atoms with Crippen LogP contribution in [0.15, 0.2) is 48.6 Å². The van der Waals surface area contributed by atoms with Gasteiger partial charge in [0.15, 0.2) is 5.79 Å². The minimum Gasteiger partial charge on any atom is -0.469 e. The minimum absolute atomic E-state index is 0.140. The van der Waals surface area contributed by atoms with E-state index in [4.69, 9.17) is 14.2 Å². The SMILES string of the molecule is CCCCCCC#C/C=C/C=C(/c1ccccc1)[C@H]1OC(C)(C)O[C@H]1CCCC(=O)OC. The summed E-state index contributed by atoms with van der Waals surface area (Å²) in [6, 6.07) is 10.2. The third-order valence-corrected chi connectivity index (χ3v) is 5.41. The fourth-order valence-corrected chi connectivity index (χ4v) is 3.82. The van der Waals surface area contributed by atoms with Gasteiger partial charge in [-0.15, -0.1) is 0 Å². The second-order valence-electron chi connectivity index (χ2n) is 8.54. The second kappa shape index (κ2) is 13.9. The summed E-state index contributed by atoms with van der Waals surface area (Å²) in [5.74, 6) is 5.49. The van der Waals surface area contributed by atoms with Gasteiger partial charge in [-0.25, -0.2) is 0 Å². The molecule has 1 aromatic rings. The Morgan fingerprint density at radius 3 is 2.62 bits per heavy atom. The molecule has 0 amide bonds. The van der Waals surface area contributed by atoms with Crippen molar-refractivity contribution in [3.05, 3.63) is 54.1 Å². The molecule has 2 rings (SSSR count). The van der Waals surface area contributed by atoms with E-state index in [-0.39, 0.29) is 18.2 Å². The highest BCUT2D eigenvalue weighted by molar-refractivity contribution is 5.71. The van der Waals surface area contributed by atoms with Crippen LogP contribution in [0.25, 0.3) is 5.57 Å². The lowest BCUT2D eigenvalue weighted by Crippen LogP contribution is -2.24. The summed E-state index contributed by atoms with van der Waals surface area (Å²) in [5, 5.41) is 0. The number of methoxy groups -OCH3 is 1. The van der Waals surface area contributed by atoms with Gasteiger partial charge < -0.3 is 14.2 Å². The zero-order valence-electron chi connectivity index (χ0n) is 20.1. The van der Waals surface area contributed by atoms with Crippen molar-refractivity contribution in [3.8, 4) is 11.8 Å². The van der Waals surface area contributed by atoms with Crippen molar-refractivity contribution in [1.82, 2.24) is 0 Å². The Morgan fingerprint density at radius 1 is 1.12 bits per heavy atom. The number of carbonyl (C=O) groups excluding carboxylic acids is 1. The maximum Gasteiger partial charge on any atom is 0.305 e. The third kappa shape index (κ3) is 9.02. The Hall–Kier alpha value is -2.35. The van der Waals surface area contributed by atoms with E-state index in [1.165, 1.54) is 26.4 Å². The van der Waals surface area contributed by atoms with Crippen molar-refractivity contribution < 1.29 is 19.0 Å². The van der Waals surface area contributed by atoms with Gasteiger partial charge in [0.05, 0.1) is 13.2 Å². The maximum atomic E-state index is 11.5. The summed E-state index contributed by atoms with van der Waals surface area (Å²) in [6.45, 7) is 6.08. The molecule has 174 valence electrons. The van der Waals surface area contributed by atoms with Gasteiger partial charge >= 0.3 is 5.97 Å². The van der Waals surface area contributed by atoms with Gasteiger partial charge in [-0.1, -0.05) is 80.5 Å². The van der Waals surface area contributed by atoms with E-state index in [1.54, 1.807) is 0 Å². The standard InChI is InChI=1S/C28H38O4/c1-5-6-7-8-9-10-11-12-16-20-24(23-18-14-13-15-19-23)27-25(31-28(2,3)32-27)21-17-22-26(29)30-4/h12-16,18-20,25,27H,5-9,17,21-22H2,1-4H3/b16-12+,24-20-/t25-,27+/m0/s1. The number of hydrogen-bond acceptors (Lipinski definition) is 4. The summed E-state index contributed by atoms with van der Waals surface area (Å²) in [7, 11) is 1.42. The summed E-state index contributed by atoms with van der Waals surface area (Å²) in [6.07, 6.45) is 13.3. The number of carbonyl (C=O) groups is 1. The Labute approximate surface area is 194 Å². The molecule has 1 saturated heterocycles. The fraction of sp³-hybridized carbons (Fsp3) is 0.536. The highest BCUT2D eigenvalue weighted by atomic mass is 16.7. The zero-order valence-corrected chi connectivity index (χ0v) is 20.1. The Morgan fingerprint density at radius 2 is 1.91 bits per heavy atom. The van der Waals surface area contributed by atoms with Crippen molar-refractivity contribution in [2.24, 2.45) is 0 Å². The first-order chi connectivity index (χ1) is 15.5. The van der Waals surface area contributed by atoms with E-state index in [0.717, 1.165) is 24.0 Å². The molecule has 0 N–H and O–H groups in total. The van der Waals surface area contributed by atoms with Gasteiger partial charge in [-0.05, 0) is 50.3 Å². The molecule has 0 spiro atoms. The van der Waals surface area contributed by atoms with E-state index in [0.29, 0.717) is 19.3 Å². The van der Waals surface area contributed by atoms with Crippen LogP contribution in [0.2, 0.25) is 0 Å². The summed E-state index contributed by atoms with van der Waals surface area (Å²) >= 11 is 0.